The Hall–Kier alpha value is -3.32. The van der Waals surface area contributed by atoms with Gasteiger partial charge in [-0.25, -0.2) is 14.2 Å². The summed E-state index contributed by atoms with van der Waals surface area (Å²) in [6.45, 7) is 2.00. The van der Waals surface area contributed by atoms with E-state index in [0.717, 1.165) is 47.5 Å². The zero-order valence-corrected chi connectivity index (χ0v) is 19.0. The third-order valence-corrected chi connectivity index (χ3v) is 7.04. The van der Waals surface area contributed by atoms with Crippen LogP contribution in [0.4, 0.5) is 4.39 Å². The van der Waals surface area contributed by atoms with E-state index in [9.17, 15) is 14.0 Å². The summed E-state index contributed by atoms with van der Waals surface area (Å²) in [6, 6.07) is 15.6. The summed E-state index contributed by atoms with van der Waals surface area (Å²) in [5, 5.41) is 4.72. The number of carbonyl (C=O) groups excluding carboxylic acids is 2. The molecule has 1 fully saturated rings. The number of thiophene rings is 1. The summed E-state index contributed by atoms with van der Waals surface area (Å²) >= 11 is 1.20. The number of hydrogen-bond acceptors (Lipinski definition) is 5. The number of fused-ring (bicyclic) bond motifs is 2. The second-order valence-electron chi connectivity index (χ2n) is 8.49. The molecule has 1 aliphatic rings. The number of benzene rings is 2. The van der Waals surface area contributed by atoms with E-state index >= 15 is 0 Å². The van der Waals surface area contributed by atoms with Crippen molar-refractivity contribution in [3.8, 4) is 0 Å². The Morgan fingerprint density at radius 2 is 1.88 bits per heavy atom. The van der Waals surface area contributed by atoms with Crippen LogP contribution in [0.15, 0.2) is 54.6 Å². The lowest BCUT2D eigenvalue weighted by Gasteiger charge is -2.20. The van der Waals surface area contributed by atoms with Crippen LogP contribution in [0.3, 0.4) is 0 Å². The molecule has 0 saturated heterocycles. The number of rotatable bonds is 5. The van der Waals surface area contributed by atoms with Gasteiger partial charge in [0.2, 0.25) is 6.10 Å². The van der Waals surface area contributed by atoms with Gasteiger partial charge in [0.25, 0.3) is 5.91 Å². The summed E-state index contributed by atoms with van der Waals surface area (Å²) in [5.41, 5.74) is 2.00. The molecule has 33 heavy (non-hydrogen) atoms. The number of esters is 1. The van der Waals surface area contributed by atoms with E-state index in [1.165, 1.54) is 29.5 Å². The molecule has 0 radical (unpaired) electrons. The van der Waals surface area contributed by atoms with Crippen LogP contribution in [-0.4, -0.2) is 22.9 Å². The van der Waals surface area contributed by atoms with Crippen LogP contribution in [0.2, 0.25) is 0 Å². The molecule has 4 aromatic rings. The van der Waals surface area contributed by atoms with E-state index in [2.05, 4.69) is 10.3 Å². The molecule has 1 aliphatic carbocycles. The highest BCUT2D eigenvalue weighted by Gasteiger charge is 2.31. The SMILES string of the molecule is Cc1ccc2cc3cc(C(=O)O[C@@H](C(=O)NC4CCCC4)c4ccccc4F)sc3nc2c1. The summed E-state index contributed by atoms with van der Waals surface area (Å²) in [6.07, 6.45) is 2.46. The predicted octanol–water partition coefficient (Wildman–Crippen LogP) is 5.85. The van der Waals surface area contributed by atoms with Crippen LogP contribution in [0.1, 0.15) is 52.6 Å². The van der Waals surface area contributed by atoms with E-state index in [-0.39, 0.29) is 11.6 Å². The third kappa shape index (κ3) is 4.46. The second kappa shape index (κ2) is 8.90. The van der Waals surface area contributed by atoms with Crippen molar-refractivity contribution in [1.29, 1.82) is 0 Å². The lowest BCUT2D eigenvalue weighted by molar-refractivity contribution is -0.131. The van der Waals surface area contributed by atoms with E-state index in [1.807, 2.05) is 31.2 Å². The Bertz CT molecular complexity index is 1360. The molecule has 5 rings (SSSR count). The van der Waals surface area contributed by atoms with Gasteiger partial charge in [-0.3, -0.25) is 4.79 Å². The molecular weight excluding hydrogens is 439 g/mol. The number of carbonyl (C=O) groups is 2. The standard InChI is InChI=1S/C26H23FN2O3S/c1-15-10-11-16-13-17-14-22(33-25(17)29-21(16)12-15)26(31)32-23(19-8-4-5-9-20(19)27)24(30)28-18-6-2-3-7-18/h4-5,8-14,18,23H,2-3,6-7H2,1H3,(H,28,30)/t23-/m1/s1. The van der Waals surface area contributed by atoms with Crippen molar-refractivity contribution in [3.05, 3.63) is 76.4 Å². The number of hydrogen-bond donors (Lipinski definition) is 1. The average Bonchev–Trinajstić information content (AvgIpc) is 3.45. The second-order valence-corrected chi connectivity index (χ2v) is 9.52. The molecule has 0 aliphatic heterocycles. The van der Waals surface area contributed by atoms with Crippen LogP contribution in [0, 0.1) is 12.7 Å². The molecule has 2 aromatic heterocycles. The van der Waals surface area contributed by atoms with Crippen molar-refractivity contribution in [3.63, 3.8) is 0 Å². The number of ether oxygens (including phenoxy) is 1. The maximum Gasteiger partial charge on any atom is 0.349 e. The topological polar surface area (TPSA) is 68.3 Å². The fourth-order valence-electron chi connectivity index (χ4n) is 4.29. The number of halogens is 1. The van der Waals surface area contributed by atoms with Crippen LogP contribution < -0.4 is 5.32 Å². The van der Waals surface area contributed by atoms with E-state index < -0.39 is 23.8 Å². The largest absolute Gasteiger partial charge is 0.443 e. The molecule has 5 nitrogen and oxygen atoms in total. The average molecular weight is 463 g/mol. The highest BCUT2D eigenvalue weighted by molar-refractivity contribution is 7.20. The van der Waals surface area contributed by atoms with Gasteiger partial charge in [-0.1, -0.05) is 43.2 Å². The summed E-state index contributed by atoms with van der Waals surface area (Å²) < 4.78 is 20.2. The van der Waals surface area contributed by atoms with Crippen LogP contribution in [-0.2, 0) is 9.53 Å². The zero-order chi connectivity index (χ0) is 22.9. The molecule has 1 N–H and O–H groups in total. The summed E-state index contributed by atoms with van der Waals surface area (Å²) in [5.74, 6) is -1.76. The Morgan fingerprint density at radius 3 is 2.67 bits per heavy atom. The quantitative estimate of drug-likeness (QED) is 0.378. The van der Waals surface area contributed by atoms with Gasteiger partial charge in [0.1, 0.15) is 15.5 Å². The normalized spacial score (nSPS) is 15.1. The minimum atomic E-state index is -1.36. The van der Waals surface area contributed by atoms with E-state index in [1.54, 1.807) is 12.1 Å². The molecule has 0 unspecified atom stereocenters. The van der Waals surface area contributed by atoms with Crippen LogP contribution in [0.25, 0.3) is 21.1 Å². The van der Waals surface area contributed by atoms with Crippen LogP contribution in [0.5, 0.6) is 0 Å². The Kier molecular flexibility index (Phi) is 5.81. The number of aromatic nitrogens is 1. The van der Waals surface area contributed by atoms with Crippen molar-refractivity contribution < 1.29 is 18.7 Å². The van der Waals surface area contributed by atoms with Gasteiger partial charge in [-0.15, -0.1) is 11.3 Å². The minimum Gasteiger partial charge on any atom is -0.443 e. The van der Waals surface area contributed by atoms with Crippen molar-refractivity contribution in [2.75, 3.05) is 0 Å². The molecule has 1 atom stereocenters. The van der Waals surface area contributed by atoms with Gasteiger partial charge >= 0.3 is 5.97 Å². The maximum absolute atomic E-state index is 14.5. The summed E-state index contributed by atoms with van der Waals surface area (Å²) in [4.78, 5) is 31.8. The highest BCUT2D eigenvalue weighted by atomic mass is 32.1. The third-order valence-electron chi connectivity index (χ3n) is 6.01. The number of amides is 1. The van der Waals surface area contributed by atoms with Gasteiger partial charge in [-0.2, -0.15) is 0 Å². The fraction of sp³-hybridized carbons (Fsp3) is 0.269. The molecule has 168 valence electrons. The Morgan fingerprint density at radius 1 is 1.09 bits per heavy atom. The first-order valence-electron chi connectivity index (χ1n) is 11.0. The highest BCUT2D eigenvalue weighted by Crippen LogP contribution is 2.30. The van der Waals surface area contributed by atoms with Gasteiger partial charge in [0.05, 0.1) is 5.52 Å². The van der Waals surface area contributed by atoms with E-state index in [4.69, 9.17) is 4.74 Å². The van der Waals surface area contributed by atoms with Crippen molar-refractivity contribution in [1.82, 2.24) is 10.3 Å². The Labute approximate surface area is 194 Å². The molecule has 7 heteroatoms. The maximum atomic E-state index is 14.5. The molecule has 1 amide bonds. The predicted molar refractivity (Wildman–Crippen MR) is 127 cm³/mol. The molecule has 2 aromatic carbocycles. The monoisotopic (exact) mass is 462 g/mol. The molecule has 0 spiro atoms. The van der Waals surface area contributed by atoms with Crippen LogP contribution >= 0.6 is 11.3 Å². The fourth-order valence-corrected chi connectivity index (χ4v) is 5.20. The number of nitrogens with one attached hydrogen (secondary N) is 1. The number of nitrogens with zero attached hydrogens (tertiary/aromatic N) is 1. The molecule has 1 saturated carbocycles. The van der Waals surface area contributed by atoms with Gasteiger partial charge in [0.15, 0.2) is 0 Å². The number of pyridine rings is 1. The van der Waals surface area contributed by atoms with Gasteiger partial charge in [-0.05, 0) is 49.6 Å². The van der Waals surface area contributed by atoms with Gasteiger partial charge in [0, 0.05) is 22.4 Å². The Balaban J connectivity index is 1.44. The smallest absolute Gasteiger partial charge is 0.349 e. The first-order chi connectivity index (χ1) is 16.0. The zero-order valence-electron chi connectivity index (χ0n) is 18.1. The lowest BCUT2D eigenvalue weighted by atomic mass is 10.1. The first-order valence-corrected chi connectivity index (χ1v) is 11.9. The minimum absolute atomic E-state index is 0.0230. The lowest BCUT2D eigenvalue weighted by Crippen LogP contribution is -2.38. The first kappa shape index (κ1) is 21.5. The number of aryl methyl sites for hydroxylation is 1. The van der Waals surface area contributed by atoms with Crippen molar-refractivity contribution in [2.24, 2.45) is 0 Å². The molecule has 2 heterocycles. The van der Waals surface area contributed by atoms with Gasteiger partial charge < -0.3 is 10.1 Å². The summed E-state index contributed by atoms with van der Waals surface area (Å²) in [7, 11) is 0. The van der Waals surface area contributed by atoms with Crippen molar-refractivity contribution in [2.45, 2.75) is 44.8 Å². The van der Waals surface area contributed by atoms with Crippen molar-refractivity contribution >= 4 is 44.3 Å². The van der Waals surface area contributed by atoms with E-state index in [0.29, 0.717) is 9.71 Å². The molecule has 0 bridgehead atoms. The molecular formula is C26H23FN2O3S.